The smallest absolute Gasteiger partial charge is 0.103 e. The lowest BCUT2D eigenvalue weighted by Crippen LogP contribution is -2.43. The molecule has 3 nitrogen and oxygen atoms in total. The molecule has 0 amide bonds. The molecule has 0 radical (unpaired) electrons. The molecule has 0 bridgehead atoms. The van der Waals surface area contributed by atoms with Crippen LogP contribution in [0.3, 0.4) is 0 Å². The minimum atomic E-state index is -0.394. The van der Waals surface area contributed by atoms with Crippen LogP contribution < -0.4 is 0 Å². The molecule has 0 spiro atoms. The number of nitriles is 1. The molecule has 14 heavy (non-hydrogen) atoms. The van der Waals surface area contributed by atoms with E-state index in [1.807, 2.05) is 20.9 Å². The van der Waals surface area contributed by atoms with E-state index >= 15 is 0 Å². The van der Waals surface area contributed by atoms with Crippen molar-refractivity contribution in [3.63, 3.8) is 0 Å². The van der Waals surface area contributed by atoms with Gasteiger partial charge in [0.2, 0.25) is 0 Å². The Kier molecular flexibility index (Phi) is 3.52. The third-order valence-corrected chi connectivity index (χ3v) is 3.03. The fourth-order valence-electron chi connectivity index (χ4n) is 1.64. The Morgan fingerprint density at radius 3 is 2.57 bits per heavy atom. The molecular weight excluding hydrogens is 176 g/mol. The average Bonchev–Trinajstić information content (AvgIpc) is 2.51. The third kappa shape index (κ3) is 2.70. The van der Waals surface area contributed by atoms with Gasteiger partial charge in [-0.2, -0.15) is 5.26 Å². The van der Waals surface area contributed by atoms with Crippen molar-refractivity contribution < 1.29 is 4.74 Å². The number of hydrogen-bond acceptors (Lipinski definition) is 3. The molecule has 1 aliphatic rings. The summed E-state index contributed by atoms with van der Waals surface area (Å²) in [6, 6.07) is 2.30. The molecule has 0 aromatic carbocycles. The van der Waals surface area contributed by atoms with E-state index in [0.717, 1.165) is 19.4 Å². The van der Waals surface area contributed by atoms with E-state index in [1.165, 1.54) is 0 Å². The van der Waals surface area contributed by atoms with Crippen LogP contribution in [0.5, 0.6) is 0 Å². The van der Waals surface area contributed by atoms with E-state index in [9.17, 15) is 0 Å². The molecule has 1 fully saturated rings. The minimum Gasteiger partial charge on any atom is -0.374 e. The van der Waals surface area contributed by atoms with Gasteiger partial charge in [0, 0.05) is 6.54 Å². The minimum absolute atomic E-state index is 0.308. The molecular formula is C11H20N2O. The highest BCUT2D eigenvalue weighted by Gasteiger charge is 2.29. The summed E-state index contributed by atoms with van der Waals surface area (Å²) in [6.07, 6.45) is 2.96. The molecule has 2 atom stereocenters. The Balaban J connectivity index is 2.42. The van der Waals surface area contributed by atoms with Gasteiger partial charge in [-0.1, -0.05) is 0 Å². The maximum atomic E-state index is 8.96. The first-order chi connectivity index (χ1) is 6.45. The van der Waals surface area contributed by atoms with Crippen molar-refractivity contribution in [2.45, 2.75) is 51.4 Å². The van der Waals surface area contributed by atoms with Crippen molar-refractivity contribution in [1.29, 1.82) is 5.26 Å². The van der Waals surface area contributed by atoms with Crippen LogP contribution in [-0.2, 0) is 4.74 Å². The molecule has 2 unspecified atom stereocenters. The maximum Gasteiger partial charge on any atom is 0.103 e. The first kappa shape index (κ1) is 11.5. The first-order valence-electron chi connectivity index (χ1n) is 5.23. The lowest BCUT2D eigenvalue weighted by atomic mass is 10.1. The maximum absolute atomic E-state index is 8.96. The highest BCUT2D eigenvalue weighted by atomic mass is 16.5. The molecule has 1 rings (SSSR count). The van der Waals surface area contributed by atoms with Gasteiger partial charge >= 0.3 is 0 Å². The standard InChI is InChI=1S/C11H20N2O/c1-9-5-6-10(14-9)7-13(4)11(2,3)8-12/h9-10H,5-7H2,1-4H3. The van der Waals surface area contributed by atoms with Crippen LogP contribution >= 0.6 is 0 Å². The topological polar surface area (TPSA) is 36.3 Å². The van der Waals surface area contributed by atoms with Crippen molar-refractivity contribution >= 4 is 0 Å². The fourth-order valence-corrected chi connectivity index (χ4v) is 1.64. The van der Waals surface area contributed by atoms with Gasteiger partial charge in [-0.25, -0.2) is 0 Å². The highest BCUT2D eigenvalue weighted by Crippen LogP contribution is 2.21. The zero-order valence-electron chi connectivity index (χ0n) is 9.58. The van der Waals surface area contributed by atoms with Crippen LogP contribution in [0.2, 0.25) is 0 Å². The third-order valence-electron chi connectivity index (χ3n) is 3.03. The Hall–Kier alpha value is -0.590. The second-order valence-electron chi connectivity index (χ2n) is 4.70. The number of nitrogens with zero attached hydrogens (tertiary/aromatic N) is 2. The first-order valence-corrected chi connectivity index (χ1v) is 5.23. The van der Waals surface area contributed by atoms with Gasteiger partial charge in [0.15, 0.2) is 0 Å². The molecule has 80 valence electrons. The van der Waals surface area contributed by atoms with Crippen molar-refractivity contribution in [3.8, 4) is 6.07 Å². The summed E-state index contributed by atoms with van der Waals surface area (Å²) in [5.74, 6) is 0. The van der Waals surface area contributed by atoms with E-state index in [4.69, 9.17) is 10.00 Å². The Morgan fingerprint density at radius 2 is 2.14 bits per heavy atom. The number of hydrogen-bond donors (Lipinski definition) is 0. The van der Waals surface area contributed by atoms with E-state index in [-0.39, 0.29) is 0 Å². The largest absolute Gasteiger partial charge is 0.374 e. The summed E-state index contributed by atoms with van der Waals surface area (Å²) in [6.45, 7) is 6.83. The fraction of sp³-hybridized carbons (Fsp3) is 0.909. The second-order valence-corrected chi connectivity index (χ2v) is 4.70. The molecule has 0 aromatic heterocycles. The van der Waals surface area contributed by atoms with Crippen LogP contribution in [0.15, 0.2) is 0 Å². The summed E-state index contributed by atoms with van der Waals surface area (Å²) in [5.41, 5.74) is -0.394. The molecule has 0 saturated carbocycles. The van der Waals surface area contributed by atoms with Crippen LogP contribution in [-0.4, -0.2) is 36.2 Å². The lowest BCUT2D eigenvalue weighted by molar-refractivity contribution is 0.0238. The summed E-state index contributed by atoms with van der Waals surface area (Å²) >= 11 is 0. The Labute approximate surface area is 86.6 Å². The monoisotopic (exact) mass is 196 g/mol. The van der Waals surface area contributed by atoms with Crippen molar-refractivity contribution in [3.05, 3.63) is 0 Å². The summed E-state index contributed by atoms with van der Waals surface area (Å²) in [5, 5.41) is 8.96. The molecule has 0 N–H and O–H groups in total. The number of rotatable bonds is 3. The van der Waals surface area contributed by atoms with Gasteiger partial charge in [-0.15, -0.1) is 0 Å². The second kappa shape index (κ2) is 4.29. The van der Waals surface area contributed by atoms with Gasteiger partial charge in [0.25, 0.3) is 0 Å². The Morgan fingerprint density at radius 1 is 1.50 bits per heavy atom. The van der Waals surface area contributed by atoms with Crippen molar-refractivity contribution in [2.24, 2.45) is 0 Å². The predicted molar refractivity (Wildman–Crippen MR) is 55.9 cm³/mol. The Bertz CT molecular complexity index is 232. The molecule has 3 heteroatoms. The molecule has 1 heterocycles. The SMILES string of the molecule is CC1CCC(CN(C)C(C)(C)C#N)O1. The normalized spacial score (nSPS) is 28.0. The molecule has 1 saturated heterocycles. The van der Waals surface area contributed by atoms with Gasteiger partial charge < -0.3 is 4.74 Å². The van der Waals surface area contributed by atoms with E-state index in [0.29, 0.717) is 12.2 Å². The van der Waals surface area contributed by atoms with Crippen molar-refractivity contribution in [2.75, 3.05) is 13.6 Å². The van der Waals surface area contributed by atoms with Gasteiger partial charge in [0.05, 0.1) is 18.3 Å². The summed E-state index contributed by atoms with van der Waals surface area (Å²) < 4.78 is 5.72. The number of likely N-dealkylation sites (N-methyl/N-ethyl adjacent to an activating group) is 1. The average molecular weight is 196 g/mol. The van der Waals surface area contributed by atoms with Gasteiger partial charge in [-0.3, -0.25) is 4.90 Å². The van der Waals surface area contributed by atoms with E-state index in [2.05, 4.69) is 17.9 Å². The molecule has 1 aliphatic heterocycles. The summed E-state index contributed by atoms with van der Waals surface area (Å²) in [7, 11) is 1.98. The van der Waals surface area contributed by atoms with Crippen molar-refractivity contribution in [1.82, 2.24) is 4.90 Å². The summed E-state index contributed by atoms with van der Waals surface area (Å²) in [4.78, 5) is 2.07. The number of ether oxygens (including phenoxy) is 1. The highest BCUT2D eigenvalue weighted by molar-refractivity contribution is 5.01. The van der Waals surface area contributed by atoms with Gasteiger partial charge in [0.1, 0.15) is 5.54 Å². The van der Waals surface area contributed by atoms with Crippen LogP contribution in [0.4, 0.5) is 0 Å². The van der Waals surface area contributed by atoms with Crippen LogP contribution in [0.1, 0.15) is 33.6 Å². The molecule has 0 aliphatic carbocycles. The van der Waals surface area contributed by atoms with Crippen LogP contribution in [0, 0.1) is 11.3 Å². The zero-order valence-corrected chi connectivity index (χ0v) is 9.58. The predicted octanol–water partition coefficient (Wildman–Crippen LogP) is 1.79. The van der Waals surface area contributed by atoms with E-state index < -0.39 is 5.54 Å². The lowest BCUT2D eigenvalue weighted by Gasteiger charge is -2.31. The van der Waals surface area contributed by atoms with Crippen LogP contribution in [0.25, 0.3) is 0 Å². The molecule has 0 aromatic rings. The van der Waals surface area contributed by atoms with Gasteiger partial charge in [-0.05, 0) is 40.7 Å². The quantitative estimate of drug-likeness (QED) is 0.690. The van der Waals surface area contributed by atoms with E-state index in [1.54, 1.807) is 0 Å². The zero-order chi connectivity index (χ0) is 10.8.